The summed E-state index contributed by atoms with van der Waals surface area (Å²) in [6, 6.07) is 3.95. The largest absolute Gasteiger partial charge is 0.373 e. The molecule has 3 aromatic heterocycles. The molecule has 1 atom stereocenters. The van der Waals surface area contributed by atoms with Gasteiger partial charge in [0.1, 0.15) is 35.5 Å². The molecule has 0 aliphatic carbocycles. The van der Waals surface area contributed by atoms with E-state index in [2.05, 4.69) is 20.1 Å². The van der Waals surface area contributed by atoms with Gasteiger partial charge in [0.05, 0.1) is 12.7 Å². The molecule has 4 heterocycles. The van der Waals surface area contributed by atoms with Crippen molar-refractivity contribution in [3.05, 3.63) is 63.2 Å². The fourth-order valence-corrected chi connectivity index (χ4v) is 4.11. The summed E-state index contributed by atoms with van der Waals surface area (Å²) in [5.74, 6) is -0.533. The second kappa shape index (κ2) is 8.31. The lowest BCUT2D eigenvalue weighted by molar-refractivity contribution is -0.269. The molecule has 1 aliphatic heterocycles. The Bertz CT molecular complexity index is 1520. The van der Waals surface area contributed by atoms with Crippen molar-refractivity contribution >= 4 is 28.6 Å². The van der Waals surface area contributed by atoms with E-state index in [4.69, 9.17) is 16.3 Å². The first-order valence-corrected chi connectivity index (χ1v) is 10.9. The molecule has 182 valence electrons. The number of nitrogens with zero attached hydrogens (tertiary/aromatic N) is 7. The zero-order valence-electron chi connectivity index (χ0n) is 18.8. The number of rotatable bonds is 3. The molecule has 9 nitrogen and oxygen atoms in total. The second-order valence-corrected chi connectivity index (χ2v) is 8.72. The predicted molar refractivity (Wildman–Crippen MR) is 122 cm³/mol. The minimum atomic E-state index is -3.54. The van der Waals surface area contributed by atoms with Crippen LogP contribution in [-0.4, -0.2) is 48.5 Å². The van der Waals surface area contributed by atoms with Gasteiger partial charge >= 0.3 is 6.11 Å². The molecule has 0 bridgehead atoms. The fraction of sp³-hybridized carbons (Fsp3) is 0.318. The Morgan fingerprint density at radius 3 is 2.63 bits per heavy atom. The molecule has 5 rings (SSSR count). The number of benzene rings is 1. The number of hydrogen-bond acceptors (Lipinski definition) is 7. The fourth-order valence-electron chi connectivity index (χ4n) is 3.95. The van der Waals surface area contributed by atoms with Gasteiger partial charge in [0, 0.05) is 36.4 Å². The zero-order chi connectivity index (χ0) is 25.1. The number of aryl methyl sites for hydroxylation is 2. The first kappa shape index (κ1) is 23.2. The Morgan fingerprint density at radius 1 is 1.17 bits per heavy atom. The Kier molecular flexibility index (Phi) is 5.52. The van der Waals surface area contributed by atoms with Crippen LogP contribution in [0.4, 0.5) is 19.1 Å². The molecule has 1 aromatic carbocycles. The molecule has 1 fully saturated rings. The third-order valence-corrected chi connectivity index (χ3v) is 6.02. The van der Waals surface area contributed by atoms with Gasteiger partial charge < -0.3 is 9.64 Å². The van der Waals surface area contributed by atoms with Crippen LogP contribution in [0.5, 0.6) is 0 Å². The molecule has 0 spiro atoms. The third-order valence-electron chi connectivity index (χ3n) is 5.78. The molecule has 0 radical (unpaired) electrons. The lowest BCUT2D eigenvalue weighted by atomic mass is 10.1. The van der Waals surface area contributed by atoms with Crippen LogP contribution in [0.15, 0.2) is 35.4 Å². The number of ether oxygens (including phenoxy) is 1. The molecule has 1 unspecified atom stereocenters. The number of hydrogen-bond donors (Lipinski definition) is 0. The summed E-state index contributed by atoms with van der Waals surface area (Å²) in [5.41, 5.74) is -0.148. The quantitative estimate of drug-likeness (QED) is 0.421. The molecule has 0 saturated carbocycles. The monoisotopic (exact) mass is 505 g/mol. The van der Waals surface area contributed by atoms with E-state index in [1.165, 1.54) is 39.5 Å². The maximum Gasteiger partial charge on any atom is 0.373 e. The molecule has 4 aromatic rings. The summed E-state index contributed by atoms with van der Waals surface area (Å²) in [4.78, 5) is 27.3. The normalized spacial score (nSPS) is 17.8. The van der Waals surface area contributed by atoms with Crippen molar-refractivity contribution in [2.75, 3.05) is 18.0 Å². The van der Waals surface area contributed by atoms with Crippen LogP contribution in [0, 0.1) is 12.7 Å². The standard InChI is InChI=1S/C22H19ClF3N7O2/c1-11-28-18-17(14-5-4-13(23)6-15(14)24)29-21(30-19(18)20(34)32(11)3)33-9-16(35-22(25,26)10-33)12-7-27-31(2)8-12/h4-8,16H,9-10H2,1-3H3. The molecule has 35 heavy (non-hydrogen) atoms. The van der Waals surface area contributed by atoms with E-state index >= 15 is 0 Å². The maximum absolute atomic E-state index is 14.9. The van der Waals surface area contributed by atoms with Crippen LogP contribution in [0.1, 0.15) is 17.5 Å². The summed E-state index contributed by atoms with van der Waals surface area (Å²) < 4.78 is 51.9. The topological polar surface area (TPSA) is 91.0 Å². The average Bonchev–Trinajstić information content (AvgIpc) is 3.23. The minimum absolute atomic E-state index is 0.00651. The molecule has 13 heteroatoms. The molecule has 0 N–H and O–H groups in total. The Morgan fingerprint density at radius 2 is 1.94 bits per heavy atom. The van der Waals surface area contributed by atoms with E-state index in [1.54, 1.807) is 20.2 Å². The number of halogens is 4. The molecule has 0 amide bonds. The maximum atomic E-state index is 14.9. The van der Waals surface area contributed by atoms with Crippen LogP contribution in [0.25, 0.3) is 22.3 Å². The van der Waals surface area contributed by atoms with E-state index in [0.717, 1.165) is 6.07 Å². The van der Waals surface area contributed by atoms with E-state index in [0.29, 0.717) is 11.4 Å². The van der Waals surface area contributed by atoms with E-state index in [9.17, 15) is 18.0 Å². The SMILES string of the molecule is Cc1nc2c(-c3ccc(Cl)cc3F)nc(N3CC(c4cnn(C)c4)OC(F)(F)C3)nc2c(=O)n1C. The van der Waals surface area contributed by atoms with Crippen molar-refractivity contribution in [3.63, 3.8) is 0 Å². The Balaban J connectivity index is 1.71. The highest BCUT2D eigenvalue weighted by molar-refractivity contribution is 6.30. The van der Waals surface area contributed by atoms with Gasteiger partial charge in [-0.2, -0.15) is 13.9 Å². The number of fused-ring (bicyclic) bond motifs is 1. The number of alkyl halides is 2. The predicted octanol–water partition coefficient (Wildman–Crippen LogP) is 3.40. The van der Waals surface area contributed by atoms with Gasteiger partial charge in [-0.1, -0.05) is 11.6 Å². The van der Waals surface area contributed by atoms with E-state index in [-0.39, 0.29) is 39.8 Å². The van der Waals surface area contributed by atoms with Crippen LogP contribution in [0.3, 0.4) is 0 Å². The van der Waals surface area contributed by atoms with Crippen molar-refractivity contribution in [2.45, 2.75) is 19.1 Å². The van der Waals surface area contributed by atoms with Gasteiger partial charge in [-0.05, 0) is 25.1 Å². The minimum Gasteiger partial charge on any atom is -0.329 e. The average molecular weight is 506 g/mol. The van der Waals surface area contributed by atoms with E-state index < -0.39 is 30.1 Å². The Hall–Kier alpha value is -3.51. The highest BCUT2D eigenvalue weighted by Crippen LogP contribution is 2.36. The van der Waals surface area contributed by atoms with Gasteiger partial charge in [-0.25, -0.2) is 19.3 Å². The highest BCUT2D eigenvalue weighted by Gasteiger charge is 2.43. The van der Waals surface area contributed by atoms with Gasteiger partial charge in [0.15, 0.2) is 5.52 Å². The van der Waals surface area contributed by atoms with Gasteiger partial charge in [-0.3, -0.25) is 14.0 Å². The summed E-state index contributed by atoms with van der Waals surface area (Å²) in [6.07, 6.45) is -1.58. The van der Waals surface area contributed by atoms with Gasteiger partial charge in [0.2, 0.25) is 5.95 Å². The molecular formula is C22H19ClF3N7O2. The third kappa shape index (κ3) is 4.23. The van der Waals surface area contributed by atoms with Crippen LogP contribution >= 0.6 is 11.6 Å². The van der Waals surface area contributed by atoms with Crippen LogP contribution in [-0.2, 0) is 18.8 Å². The Labute approximate surface area is 201 Å². The smallest absolute Gasteiger partial charge is 0.329 e. The van der Waals surface area contributed by atoms with Gasteiger partial charge in [0.25, 0.3) is 5.56 Å². The second-order valence-electron chi connectivity index (χ2n) is 8.29. The zero-order valence-corrected chi connectivity index (χ0v) is 19.6. The summed E-state index contributed by atoms with van der Waals surface area (Å²) in [7, 11) is 3.17. The summed E-state index contributed by atoms with van der Waals surface area (Å²) >= 11 is 5.90. The summed E-state index contributed by atoms with van der Waals surface area (Å²) in [5, 5.41) is 4.18. The number of morpholine rings is 1. The van der Waals surface area contributed by atoms with E-state index in [1.807, 2.05) is 0 Å². The summed E-state index contributed by atoms with van der Waals surface area (Å²) in [6.45, 7) is 0.699. The highest BCUT2D eigenvalue weighted by atomic mass is 35.5. The van der Waals surface area contributed by atoms with Crippen molar-refractivity contribution < 1.29 is 17.9 Å². The van der Waals surface area contributed by atoms with Crippen molar-refractivity contribution in [2.24, 2.45) is 14.1 Å². The van der Waals surface area contributed by atoms with Gasteiger partial charge in [-0.15, -0.1) is 0 Å². The van der Waals surface area contributed by atoms with Crippen LogP contribution < -0.4 is 10.5 Å². The number of aromatic nitrogens is 6. The molecule has 1 aliphatic rings. The molecule has 1 saturated heterocycles. The first-order chi connectivity index (χ1) is 16.5. The number of anilines is 1. The van der Waals surface area contributed by atoms with Crippen molar-refractivity contribution in [1.82, 2.24) is 29.3 Å². The van der Waals surface area contributed by atoms with Crippen molar-refractivity contribution in [3.8, 4) is 11.3 Å². The molecular weight excluding hydrogens is 487 g/mol. The van der Waals surface area contributed by atoms with Crippen molar-refractivity contribution in [1.29, 1.82) is 0 Å². The lowest BCUT2D eigenvalue weighted by Gasteiger charge is -2.37. The van der Waals surface area contributed by atoms with Crippen LogP contribution in [0.2, 0.25) is 5.02 Å². The first-order valence-electron chi connectivity index (χ1n) is 10.5. The lowest BCUT2D eigenvalue weighted by Crippen LogP contribution is -2.48.